The van der Waals surface area contributed by atoms with Crippen LogP contribution in [-0.2, 0) is 14.4 Å². The summed E-state index contributed by atoms with van der Waals surface area (Å²) in [5, 5.41) is 19.3. The van der Waals surface area contributed by atoms with Gasteiger partial charge in [0.25, 0.3) is 5.91 Å². The number of aromatic amines is 1. The third-order valence-electron chi connectivity index (χ3n) is 8.77. The Balaban J connectivity index is 1.23. The lowest BCUT2D eigenvalue weighted by Gasteiger charge is -2.52. The molecular weight excluding hydrogens is 474 g/mol. The summed E-state index contributed by atoms with van der Waals surface area (Å²) in [6.07, 6.45) is 4.12. The molecule has 192 valence electrons. The van der Waals surface area contributed by atoms with E-state index in [0.29, 0.717) is 36.6 Å². The van der Waals surface area contributed by atoms with Crippen LogP contribution in [0, 0.1) is 40.9 Å². The van der Waals surface area contributed by atoms with E-state index >= 15 is 0 Å². The second-order valence-electron chi connectivity index (χ2n) is 10.9. The average Bonchev–Trinajstić information content (AvgIpc) is 3.51. The first-order chi connectivity index (χ1) is 17.8. The molecule has 5 fully saturated rings. The Morgan fingerprint density at radius 3 is 2.70 bits per heavy atom. The lowest BCUT2D eigenvalue weighted by Crippen LogP contribution is -2.66. The molecule has 1 aromatic carbocycles. The molecule has 37 heavy (non-hydrogen) atoms. The van der Waals surface area contributed by atoms with Crippen LogP contribution in [0.25, 0.3) is 10.9 Å². The van der Waals surface area contributed by atoms with E-state index in [1.165, 1.54) is 0 Å². The van der Waals surface area contributed by atoms with Gasteiger partial charge in [-0.15, -0.1) is 0 Å². The molecule has 4 N–H and O–H groups in total. The first kappa shape index (κ1) is 23.5. The number of methoxy groups -OCH3 is 1. The highest BCUT2D eigenvalue weighted by atomic mass is 16.5. The van der Waals surface area contributed by atoms with Crippen molar-refractivity contribution >= 4 is 34.5 Å². The fraction of sp³-hybridized carbons (Fsp3) is 0.519. The zero-order valence-corrected chi connectivity index (χ0v) is 20.5. The van der Waals surface area contributed by atoms with Gasteiger partial charge in [0.2, 0.25) is 17.7 Å². The summed E-state index contributed by atoms with van der Waals surface area (Å²) in [7, 11) is 1.56. The summed E-state index contributed by atoms with van der Waals surface area (Å²) >= 11 is 0. The standard InChI is InChI=1S/C27H29N5O5/c1-37-20-4-2-3-17-15(20)10-19(29-17)23(33)30-18(9-13-5-6-13)24(34)32-27(12-28)11-14-7-8-16(27)22-21(14)25(35)31-26(22)36/h2-4,10,13-14,16,18,21-22,29H,5-9,11H2,1H3,(H,30,33)(H,32,34)(H,31,35,36)/t14-,16-,18+,21+,22-,27-/m1/s1. The van der Waals surface area contributed by atoms with Crippen molar-refractivity contribution in [2.45, 2.75) is 50.1 Å². The number of rotatable bonds is 7. The van der Waals surface area contributed by atoms with E-state index in [1.54, 1.807) is 13.2 Å². The second kappa shape index (κ2) is 8.61. The summed E-state index contributed by atoms with van der Waals surface area (Å²) < 4.78 is 5.38. The zero-order valence-electron chi connectivity index (χ0n) is 20.5. The number of benzene rings is 1. The smallest absolute Gasteiger partial charge is 0.268 e. The van der Waals surface area contributed by atoms with Crippen LogP contribution in [0.2, 0.25) is 0 Å². The van der Waals surface area contributed by atoms with Crippen LogP contribution in [0.15, 0.2) is 24.3 Å². The molecule has 0 radical (unpaired) electrons. The molecule has 7 rings (SSSR count). The number of nitrogens with zero attached hydrogens (tertiary/aromatic N) is 1. The second-order valence-corrected chi connectivity index (χ2v) is 10.9. The third kappa shape index (κ3) is 3.84. The molecule has 5 aliphatic rings. The van der Waals surface area contributed by atoms with E-state index in [4.69, 9.17) is 4.74 Å². The minimum Gasteiger partial charge on any atom is -0.496 e. The van der Waals surface area contributed by atoms with Gasteiger partial charge in [-0.05, 0) is 55.7 Å². The molecule has 1 saturated heterocycles. The van der Waals surface area contributed by atoms with E-state index in [-0.39, 0.29) is 17.7 Å². The van der Waals surface area contributed by atoms with E-state index in [2.05, 4.69) is 27.0 Å². The normalized spacial score (nSPS) is 30.8. The van der Waals surface area contributed by atoms with Gasteiger partial charge < -0.3 is 20.4 Å². The molecule has 0 unspecified atom stereocenters. The van der Waals surface area contributed by atoms with Crippen molar-refractivity contribution in [3.8, 4) is 11.8 Å². The fourth-order valence-corrected chi connectivity index (χ4v) is 6.84. The predicted molar refractivity (Wildman–Crippen MR) is 131 cm³/mol. The van der Waals surface area contributed by atoms with Crippen molar-refractivity contribution in [2.75, 3.05) is 7.11 Å². The first-order valence-corrected chi connectivity index (χ1v) is 12.9. The number of carbonyl (C=O) groups is 4. The number of aromatic nitrogens is 1. The largest absolute Gasteiger partial charge is 0.496 e. The molecule has 1 aliphatic heterocycles. The van der Waals surface area contributed by atoms with Crippen LogP contribution in [0.5, 0.6) is 5.75 Å². The van der Waals surface area contributed by atoms with Crippen LogP contribution < -0.4 is 20.7 Å². The highest BCUT2D eigenvalue weighted by molar-refractivity contribution is 6.06. The number of carbonyl (C=O) groups excluding carboxylic acids is 4. The van der Waals surface area contributed by atoms with Gasteiger partial charge in [-0.3, -0.25) is 24.5 Å². The van der Waals surface area contributed by atoms with Gasteiger partial charge in [0, 0.05) is 16.8 Å². The molecule has 10 heteroatoms. The van der Waals surface area contributed by atoms with E-state index in [1.807, 2.05) is 18.2 Å². The average molecular weight is 504 g/mol. The minimum absolute atomic E-state index is 0.140. The van der Waals surface area contributed by atoms with E-state index < -0.39 is 41.1 Å². The number of hydrogen-bond donors (Lipinski definition) is 4. The maximum Gasteiger partial charge on any atom is 0.268 e. The Labute approximate surface area is 213 Å². The predicted octanol–water partition coefficient (Wildman–Crippen LogP) is 1.77. The van der Waals surface area contributed by atoms with Crippen molar-refractivity contribution in [3.05, 3.63) is 30.0 Å². The van der Waals surface area contributed by atoms with Gasteiger partial charge in [0.05, 0.1) is 25.0 Å². The monoisotopic (exact) mass is 503 g/mol. The maximum atomic E-state index is 13.6. The molecule has 0 spiro atoms. The minimum atomic E-state index is -1.25. The lowest BCUT2D eigenvalue weighted by molar-refractivity contribution is -0.137. The topological polar surface area (TPSA) is 153 Å². The first-order valence-electron chi connectivity index (χ1n) is 12.9. The van der Waals surface area contributed by atoms with Crippen LogP contribution in [-0.4, -0.2) is 47.3 Å². The lowest BCUT2D eigenvalue weighted by atomic mass is 9.52. The van der Waals surface area contributed by atoms with Gasteiger partial charge in [0.1, 0.15) is 23.0 Å². The number of hydrogen-bond acceptors (Lipinski definition) is 6. The van der Waals surface area contributed by atoms with Gasteiger partial charge in [0.15, 0.2) is 0 Å². The summed E-state index contributed by atoms with van der Waals surface area (Å²) in [6, 6.07) is 8.66. The molecule has 2 heterocycles. The van der Waals surface area contributed by atoms with E-state index in [0.717, 1.165) is 30.2 Å². The van der Waals surface area contributed by atoms with Crippen molar-refractivity contribution in [2.24, 2.45) is 29.6 Å². The Bertz CT molecular complexity index is 1360. The molecule has 1 aromatic heterocycles. The van der Waals surface area contributed by atoms with Gasteiger partial charge in [-0.1, -0.05) is 18.9 Å². The molecule has 6 atom stereocenters. The van der Waals surface area contributed by atoms with Crippen molar-refractivity contribution < 1.29 is 23.9 Å². The molecular formula is C27H29N5O5. The number of nitrogens with one attached hydrogen (secondary N) is 4. The molecule has 10 nitrogen and oxygen atoms in total. The maximum absolute atomic E-state index is 13.6. The third-order valence-corrected chi connectivity index (χ3v) is 8.77. The van der Waals surface area contributed by atoms with Crippen LogP contribution >= 0.6 is 0 Å². The van der Waals surface area contributed by atoms with Gasteiger partial charge in [-0.25, -0.2) is 0 Å². The van der Waals surface area contributed by atoms with Crippen molar-refractivity contribution in [1.29, 1.82) is 5.26 Å². The summed E-state index contributed by atoms with van der Waals surface area (Å²) in [5.41, 5.74) is -0.193. The number of H-pyrrole nitrogens is 1. The zero-order chi connectivity index (χ0) is 25.9. The Hall–Kier alpha value is -3.87. The number of amides is 4. The van der Waals surface area contributed by atoms with Crippen molar-refractivity contribution in [1.82, 2.24) is 20.9 Å². The highest BCUT2D eigenvalue weighted by Crippen LogP contribution is 2.55. The summed E-state index contributed by atoms with van der Waals surface area (Å²) in [6.45, 7) is 0. The van der Waals surface area contributed by atoms with Crippen LogP contribution in [0.1, 0.15) is 49.0 Å². The van der Waals surface area contributed by atoms with Crippen LogP contribution in [0.4, 0.5) is 0 Å². The number of ether oxygens (including phenoxy) is 1. The number of fused-ring (bicyclic) bond motifs is 3. The van der Waals surface area contributed by atoms with Crippen LogP contribution in [0.3, 0.4) is 0 Å². The Morgan fingerprint density at radius 2 is 1.97 bits per heavy atom. The molecule has 2 bridgehead atoms. The quantitative estimate of drug-likeness (QED) is 0.423. The molecule has 2 aromatic rings. The highest BCUT2D eigenvalue weighted by Gasteiger charge is 2.64. The van der Waals surface area contributed by atoms with Gasteiger partial charge >= 0.3 is 0 Å². The van der Waals surface area contributed by atoms with E-state index in [9.17, 15) is 24.4 Å². The molecule has 4 saturated carbocycles. The Morgan fingerprint density at radius 1 is 1.19 bits per heavy atom. The number of imide groups is 1. The SMILES string of the molecule is COc1cccc2[nH]c(C(=O)N[C@@H](CC3CC3)C(=O)N[C@@]3(C#N)C[C@H]4CC[C@@H]3[C@H]3C(=O)NC(=O)[C@@H]43)cc12. The molecule has 4 amide bonds. The number of nitriles is 1. The Kier molecular flexibility index (Phi) is 5.48. The molecule has 4 aliphatic carbocycles. The van der Waals surface area contributed by atoms with Crippen molar-refractivity contribution in [3.63, 3.8) is 0 Å². The summed E-state index contributed by atoms with van der Waals surface area (Å²) in [4.78, 5) is 54.9. The summed E-state index contributed by atoms with van der Waals surface area (Å²) in [5.74, 6) is -2.10. The fourth-order valence-electron chi connectivity index (χ4n) is 6.84. The van der Waals surface area contributed by atoms with Gasteiger partial charge in [-0.2, -0.15) is 5.26 Å².